The van der Waals surface area contributed by atoms with Gasteiger partial charge in [-0.05, 0) is 17.9 Å². The normalized spacial score (nSPS) is 10.3. The fourth-order valence-electron chi connectivity index (χ4n) is 1.27. The first kappa shape index (κ1) is 10.1. The number of hydrogen-bond donors (Lipinski definition) is 2. The molecule has 0 atom stereocenters. The minimum Gasteiger partial charge on any atom is -0.308 e. The van der Waals surface area contributed by atoms with Gasteiger partial charge in [0.1, 0.15) is 5.82 Å². The maximum atomic E-state index is 5.36. The number of aromatic nitrogens is 2. The van der Waals surface area contributed by atoms with Crippen molar-refractivity contribution in [2.24, 2.45) is 5.84 Å². The number of aryl methyl sites for hydroxylation is 1. The summed E-state index contributed by atoms with van der Waals surface area (Å²) in [5, 5.41) is 4.03. The van der Waals surface area contributed by atoms with E-state index in [0.29, 0.717) is 5.82 Å². The molecule has 0 unspecified atom stereocenters. The van der Waals surface area contributed by atoms with Crippen molar-refractivity contribution in [3.05, 3.63) is 28.6 Å². The summed E-state index contributed by atoms with van der Waals surface area (Å²) in [5.41, 5.74) is 4.58. The number of hydrogen-bond acceptors (Lipinski definition) is 5. The van der Waals surface area contributed by atoms with Crippen LogP contribution in [0.1, 0.15) is 12.6 Å². The number of anilines is 1. The van der Waals surface area contributed by atoms with Crippen LogP contribution in [-0.4, -0.2) is 9.97 Å². The molecule has 3 N–H and O–H groups in total. The lowest BCUT2D eigenvalue weighted by Crippen LogP contribution is -2.10. The van der Waals surface area contributed by atoms with Gasteiger partial charge in [0, 0.05) is 22.7 Å². The van der Waals surface area contributed by atoms with E-state index in [4.69, 9.17) is 5.84 Å². The second kappa shape index (κ2) is 4.37. The Bertz CT molecular complexity index is 416. The molecule has 0 bridgehead atoms. The first-order valence-electron chi connectivity index (χ1n) is 4.70. The Balaban J connectivity index is 2.47. The predicted octanol–water partition coefficient (Wildman–Crippen LogP) is 2.05. The van der Waals surface area contributed by atoms with E-state index in [9.17, 15) is 0 Å². The molecule has 0 aliphatic heterocycles. The molecule has 2 aromatic rings. The van der Waals surface area contributed by atoms with Crippen LogP contribution in [0.4, 0.5) is 5.82 Å². The number of nitrogen functional groups attached to an aromatic ring is 1. The average molecular weight is 220 g/mol. The molecule has 0 saturated heterocycles. The molecule has 4 nitrogen and oxygen atoms in total. The quantitative estimate of drug-likeness (QED) is 0.614. The van der Waals surface area contributed by atoms with Crippen LogP contribution in [0.25, 0.3) is 11.4 Å². The molecule has 0 radical (unpaired) electrons. The highest BCUT2D eigenvalue weighted by Gasteiger charge is 2.05. The first-order valence-corrected chi connectivity index (χ1v) is 5.65. The molecule has 2 rings (SSSR count). The van der Waals surface area contributed by atoms with Gasteiger partial charge in [-0.1, -0.05) is 6.92 Å². The largest absolute Gasteiger partial charge is 0.308 e. The molecule has 0 amide bonds. The third-order valence-electron chi connectivity index (χ3n) is 2.07. The minimum absolute atomic E-state index is 0.656. The number of nitrogens with two attached hydrogens (primary N) is 1. The third-order valence-corrected chi connectivity index (χ3v) is 2.75. The van der Waals surface area contributed by atoms with Crippen LogP contribution in [0.5, 0.6) is 0 Å². The van der Waals surface area contributed by atoms with Crippen LogP contribution >= 0.6 is 11.3 Å². The lowest BCUT2D eigenvalue weighted by Gasteiger charge is -2.04. The predicted molar refractivity (Wildman–Crippen MR) is 62.5 cm³/mol. The monoisotopic (exact) mass is 220 g/mol. The summed E-state index contributed by atoms with van der Waals surface area (Å²) in [5.74, 6) is 6.74. The van der Waals surface area contributed by atoms with Gasteiger partial charge in [0.25, 0.3) is 0 Å². The zero-order valence-corrected chi connectivity index (χ0v) is 9.21. The summed E-state index contributed by atoms with van der Waals surface area (Å²) in [6.45, 7) is 2.06. The van der Waals surface area contributed by atoms with E-state index < -0.39 is 0 Å². The summed E-state index contributed by atoms with van der Waals surface area (Å²) in [6, 6.07) is 3.86. The summed E-state index contributed by atoms with van der Waals surface area (Å²) in [7, 11) is 0. The van der Waals surface area contributed by atoms with Crippen molar-refractivity contribution in [1.82, 2.24) is 9.97 Å². The number of rotatable bonds is 3. The highest BCUT2D eigenvalue weighted by Crippen LogP contribution is 2.20. The van der Waals surface area contributed by atoms with Crippen molar-refractivity contribution in [1.29, 1.82) is 0 Å². The van der Waals surface area contributed by atoms with Gasteiger partial charge < -0.3 is 5.43 Å². The summed E-state index contributed by atoms with van der Waals surface area (Å²) in [6.07, 6.45) is 0.869. The Hall–Kier alpha value is -1.46. The van der Waals surface area contributed by atoms with Gasteiger partial charge in [-0.2, -0.15) is 11.3 Å². The molecule has 0 fully saturated rings. The van der Waals surface area contributed by atoms with Crippen molar-refractivity contribution in [2.45, 2.75) is 13.3 Å². The smallest absolute Gasteiger partial charge is 0.162 e. The molecular weight excluding hydrogens is 208 g/mol. The van der Waals surface area contributed by atoms with E-state index in [0.717, 1.165) is 23.5 Å². The van der Waals surface area contributed by atoms with Gasteiger partial charge in [-0.25, -0.2) is 15.8 Å². The van der Waals surface area contributed by atoms with Crippen LogP contribution in [0, 0.1) is 0 Å². The fraction of sp³-hybridized carbons (Fsp3) is 0.200. The Morgan fingerprint density at radius 2 is 2.33 bits per heavy atom. The highest BCUT2D eigenvalue weighted by atomic mass is 32.1. The Morgan fingerprint density at radius 1 is 1.47 bits per heavy atom. The van der Waals surface area contributed by atoms with Gasteiger partial charge in [-0.3, -0.25) is 0 Å². The van der Waals surface area contributed by atoms with Crippen molar-refractivity contribution in [3.63, 3.8) is 0 Å². The molecule has 2 aromatic heterocycles. The molecular formula is C10H12N4S. The molecule has 0 saturated carbocycles. The van der Waals surface area contributed by atoms with Crippen LogP contribution in [0.2, 0.25) is 0 Å². The second-order valence-corrected chi connectivity index (χ2v) is 3.86. The van der Waals surface area contributed by atoms with E-state index in [1.165, 1.54) is 0 Å². The molecule has 78 valence electrons. The van der Waals surface area contributed by atoms with Gasteiger partial charge >= 0.3 is 0 Å². The standard InChI is InChI=1S/C10H12N4S/c1-2-8-5-9(14-11)13-10(12-8)7-3-4-15-6-7/h3-6H,2,11H2,1H3,(H,12,13,14). The minimum atomic E-state index is 0.656. The third kappa shape index (κ3) is 2.14. The van der Waals surface area contributed by atoms with Gasteiger partial charge in [0.15, 0.2) is 5.82 Å². The molecule has 5 heteroatoms. The van der Waals surface area contributed by atoms with Crippen LogP contribution in [-0.2, 0) is 6.42 Å². The topological polar surface area (TPSA) is 63.8 Å². The van der Waals surface area contributed by atoms with Crippen LogP contribution in [0.3, 0.4) is 0 Å². The number of nitrogens with zero attached hydrogens (tertiary/aromatic N) is 2. The van der Waals surface area contributed by atoms with Gasteiger partial charge in [-0.15, -0.1) is 0 Å². The average Bonchev–Trinajstić information content (AvgIpc) is 2.81. The lowest BCUT2D eigenvalue weighted by atomic mass is 10.2. The maximum Gasteiger partial charge on any atom is 0.162 e. The number of hydrazine groups is 1. The van der Waals surface area contributed by atoms with Crippen molar-refractivity contribution in [2.75, 3.05) is 5.43 Å². The molecule has 0 spiro atoms. The maximum absolute atomic E-state index is 5.36. The number of thiophene rings is 1. The fourth-order valence-corrected chi connectivity index (χ4v) is 1.91. The Morgan fingerprint density at radius 3 is 2.93 bits per heavy atom. The Labute approximate surface area is 92.2 Å². The molecule has 2 heterocycles. The zero-order valence-electron chi connectivity index (χ0n) is 8.40. The number of nitrogens with one attached hydrogen (secondary N) is 1. The van der Waals surface area contributed by atoms with Crippen molar-refractivity contribution in [3.8, 4) is 11.4 Å². The summed E-state index contributed by atoms with van der Waals surface area (Å²) < 4.78 is 0. The lowest BCUT2D eigenvalue weighted by molar-refractivity contribution is 1.00. The van der Waals surface area contributed by atoms with Crippen molar-refractivity contribution >= 4 is 17.2 Å². The summed E-state index contributed by atoms with van der Waals surface area (Å²) in [4.78, 5) is 8.74. The van der Waals surface area contributed by atoms with E-state index in [-0.39, 0.29) is 0 Å². The Kier molecular flexibility index (Phi) is 2.94. The van der Waals surface area contributed by atoms with Crippen LogP contribution < -0.4 is 11.3 Å². The SMILES string of the molecule is CCc1cc(NN)nc(-c2ccsc2)n1. The molecule has 0 aromatic carbocycles. The molecule has 0 aliphatic rings. The second-order valence-electron chi connectivity index (χ2n) is 3.08. The van der Waals surface area contributed by atoms with E-state index in [2.05, 4.69) is 22.3 Å². The first-order chi connectivity index (χ1) is 7.33. The highest BCUT2D eigenvalue weighted by molar-refractivity contribution is 7.08. The van der Waals surface area contributed by atoms with Crippen LogP contribution in [0.15, 0.2) is 22.9 Å². The van der Waals surface area contributed by atoms with E-state index in [1.54, 1.807) is 11.3 Å². The molecule has 15 heavy (non-hydrogen) atoms. The summed E-state index contributed by atoms with van der Waals surface area (Å²) >= 11 is 1.63. The van der Waals surface area contributed by atoms with Crippen molar-refractivity contribution < 1.29 is 0 Å². The van der Waals surface area contributed by atoms with E-state index in [1.807, 2.05) is 22.9 Å². The van der Waals surface area contributed by atoms with E-state index >= 15 is 0 Å². The molecule has 0 aliphatic carbocycles. The van der Waals surface area contributed by atoms with Gasteiger partial charge in [0.05, 0.1) is 0 Å². The zero-order chi connectivity index (χ0) is 10.7. The van der Waals surface area contributed by atoms with Gasteiger partial charge in [0.2, 0.25) is 0 Å².